The SMILES string of the molecule is CC1CCCC12CCN(c1cnc(-c3cccc(Cl)c3Cl)c(N)n1)CC2.CC1CCS(=O)(=O)C12CCN(c1cnc(-c3cccc(Cl)c3Cl)c(N)n1)CC2. The van der Waals surface area contributed by atoms with E-state index >= 15 is 0 Å². The zero-order valence-electron chi connectivity index (χ0n) is 30.5. The Kier molecular flexibility index (Phi) is 11.2. The van der Waals surface area contributed by atoms with Gasteiger partial charge in [-0.05, 0) is 67.9 Å². The molecule has 1 saturated carbocycles. The molecule has 8 rings (SSSR count). The van der Waals surface area contributed by atoms with Crippen molar-refractivity contribution >= 4 is 79.5 Å². The van der Waals surface area contributed by atoms with Crippen molar-refractivity contribution in [2.24, 2.45) is 17.3 Å². The molecule has 3 saturated heterocycles. The second kappa shape index (κ2) is 15.4. The number of hydrogen-bond acceptors (Lipinski definition) is 10. The molecule has 4 fully saturated rings. The van der Waals surface area contributed by atoms with Gasteiger partial charge in [0.25, 0.3) is 0 Å². The summed E-state index contributed by atoms with van der Waals surface area (Å²) in [5.41, 5.74) is 15.3. The number of halogens is 4. The van der Waals surface area contributed by atoms with E-state index < -0.39 is 14.6 Å². The first-order chi connectivity index (χ1) is 25.7. The zero-order valence-corrected chi connectivity index (χ0v) is 34.4. The van der Waals surface area contributed by atoms with Crippen LogP contribution in [-0.2, 0) is 9.84 Å². The monoisotopic (exact) mass is 830 g/mol. The molecule has 5 heterocycles. The van der Waals surface area contributed by atoms with Crippen molar-refractivity contribution in [1.82, 2.24) is 19.9 Å². The Morgan fingerprint density at radius 1 is 0.685 bits per heavy atom. The molecule has 4 N–H and O–H groups in total. The maximum Gasteiger partial charge on any atom is 0.156 e. The number of nitrogens with two attached hydrogens (primary N) is 2. The van der Waals surface area contributed by atoms with Gasteiger partial charge in [0.05, 0.1) is 43.0 Å². The Bertz CT molecular complexity index is 2140. The lowest BCUT2D eigenvalue weighted by molar-refractivity contribution is 0.161. The van der Waals surface area contributed by atoms with Crippen molar-refractivity contribution in [3.63, 3.8) is 0 Å². The number of benzene rings is 2. The summed E-state index contributed by atoms with van der Waals surface area (Å²) in [7, 11) is -3.04. The third-order valence-electron chi connectivity index (χ3n) is 12.7. The fraction of sp³-hybridized carbons (Fsp3) is 0.487. The third-order valence-corrected chi connectivity index (χ3v) is 17.2. The molecule has 10 nitrogen and oxygen atoms in total. The van der Waals surface area contributed by atoms with Crippen molar-refractivity contribution in [3.05, 3.63) is 68.9 Å². The molecule has 2 spiro atoms. The molecule has 0 radical (unpaired) electrons. The number of nitrogen functional groups attached to an aromatic ring is 2. The van der Waals surface area contributed by atoms with Crippen LogP contribution in [0.3, 0.4) is 0 Å². The summed E-state index contributed by atoms with van der Waals surface area (Å²) in [6.45, 7) is 7.76. The van der Waals surface area contributed by atoms with Gasteiger partial charge in [0, 0.05) is 37.3 Å². The average Bonchev–Trinajstić information content (AvgIpc) is 3.62. The summed E-state index contributed by atoms with van der Waals surface area (Å²) in [6, 6.07) is 10.7. The van der Waals surface area contributed by atoms with Crippen LogP contribution in [0.25, 0.3) is 22.5 Å². The normalized spacial score (nSPS) is 22.7. The van der Waals surface area contributed by atoms with E-state index in [4.69, 9.17) is 57.9 Å². The van der Waals surface area contributed by atoms with E-state index in [1.165, 1.54) is 32.1 Å². The molecular weight excluding hydrogens is 786 g/mol. The lowest BCUT2D eigenvalue weighted by atomic mass is 9.71. The van der Waals surface area contributed by atoms with Gasteiger partial charge >= 0.3 is 0 Å². The van der Waals surface area contributed by atoms with Gasteiger partial charge in [0.2, 0.25) is 0 Å². The molecule has 2 aromatic carbocycles. The van der Waals surface area contributed by atoms with Crippen LogP contribution in [0.15, 0.2) is 48.8 Å². The van der Waals surface area contributed by atoms with Crippen LogP contribution < -0.4 is 21.3 Å². The van der Waals surface area contributed by atoms with Crippen molar-refractivity contribution in [2.75, 3.05) is 53.2 Å². The molecule has 1 aliphatic carbocycles. The maximum absolute atomic E-state index is 12.6. The van der Waals surface area contributed by atoms with Crippen molar-refractivity contribution in [2.45, 2.75) is 70.0 Å². The first-order valence-electron chi connectivity index (χ1n) is 18.6. The number of piperidine rings is 2. The molecule has 0 bridgehead atoms. The number of nitrogens with zero attached hydrogens (tertiary/aromatic N) is 6. The van der Waals surface area contributed by atoms with E-state index in [9.17, 15) is 8.42 Å². The van der Waals surface area contributed by atoms with Gasteiger partial charge in [-0.3, -0.25) is 0 Å². The van der Waals surface area contributed by atoms with E-state index in [1.54, 1.807) is 36.7 Å². The molecule has 4 aliphatic rings. The van der Waals surface area contributed by atoms with E-state index in [0.717, 1.165) is 31.2 Å². The number of aromatic nitrogens is 4. The first-order valence-corrected chi connectivity index (χ1v) is 21.8. The van der Waals surface area contributed by atoms with Crippen molar-refractivity contribution < 1.29 is 8.42 Å². The summed E-state index contributed by atoms with van der Waals surface area (Å²) in [4.78, 5) is 22.5. The smallest absolute Gasteiger partial charge is 0.156 e. The van der Waals surface area contributed by atoms with Crippen LogP contribution in [-0.4, -0.2) is 65.0 Å². The summed E-state index contributed by atoms with van der Waals surface area (Å²) < 4.78 is 24.6. The molecule has 0 amide bonds. The largest absolute Gasteiger partial charge is 0.382 e. The molecule has 2 aromatic heterocycles. The summed E-state index contributed by atoms with van der Waals surface area (Å²) in [5.74, 6) is 3.50. The summed E-state index contributed by atoms with van der Waals surface area (Å²) in [6.07, 6.45) is 12.0. The van der Waals surface area contributed by atoms with Crippen LogP contribution in [0, 0.1) is 17.3 Å². The second-order valence-electron chi connectivity index (χ2n) is 15.3. The Labute approximate surface area is 337 Å². The van der Waals surface area contributed by atoms with Crippen LogP contribution in [0.5, 0.6) is 0 Å². The minimum absolute atomic E-state index is 0.197. The number of rotatable bonds is 4. The standard InChI is InChI=1S/C20H24Cl2N4.C19H22Cl2N4O2S/c1-13-4-3-7-20(13)8-10-26(11-9-20)16-12-24-18(19(23)25-16)14-5-2-6-15(21)17(14)22;1-12-5-10-28(26,27)19(12)6-8-25(9-7-19)15-11-23-17(18(22)24-15)13-3-2-4-14(20)16(13)21/h2,5-6,12-13H,3-4,7-11H2,1H3,(H2,23,25);2-4,11-12H,5-10H2,1H3,(H2,22,24). The van der Waals surface area contributed by atoms with E-state index in [2.05, 4.69) is 43.6 Å². The predicted octanol–water partition coefficient (Wildman–Crippen LogP) is 9.27. The highest BCUT2D eigenvalue weighted by Gasteiger charge is 2.53. The van der Waals surface area contributed by atoms with Gasteiger partial charge in [-0.25, -0.2) is 28.4 Å². The van der Waals surface area contributed by atoms with Gasteiger partial charge in [-0.15, -0.1) is 0 Å². The lowest BCUT2D eigenvalue weighted by Gasteiger charge is -2.42. The molecule has 54 heavy (non-hydrogen) atoms. The van der Waals surface area contributed by atoms with Gasteiger partial charge < -0.3 is 21.3 Å². The highest BCUT2D eigenvalue weighted by molar-refractivity contribution is 7.93. The quantitative estimate of drug-likeness (QED) is 0.204. The summed E-state index contributed by atoms with van der Waals surface area (Å²) >= 11 is 24.8. The Hall–Kier alpha value is -3.09. The lowest BCUT2D eigenvalue weighted by Crippen LogP contribution is -2.50. The number of anilines is 4. The highest BCUT2D eigenvalue weighted by Crippen LogP contribution is 2.51. The fourth-order valence-corrected chi connectivity index (χ4v) is 12.5. The van der Waals surface area contributed by atoms with Crippen molar-refractivity contribution in [1.29, 1.82) is 0 Å². The van der Waals surface area contributed by atoms with Crippen LogP contribution in [0.2, 0.25) is 20.1 Å². The van der Waals surface area contributed by atoms with Gasteiger partial charge in [-0.2, -0.15) is 0 Å². The van der Waals surface area contributed by atoms with Crippen molar-refractivity contribution in [3.8, 4) is 22.5 Å². The predicted molar refractivity (Wildman–Crippen MR) is 222 cm³/mol. The number of sulfone groups is 1. The zero-order chi connectivity index (χ0) is 38.4. The molecule has 4 aromatic rings. The molecular formula is C39H46Cl4N8O2S. The van der Waals surface area contributed by atoms with Crippen LogP contribution in [0.1, 0.15) is 65.2 Å². The number of hydrogen-bond donors (Lipinski definition) is 2. The first kappa shape index (κ1) is 39.2. The Morgan fingerprint density at radius 2 is 1.17 bits per heavy atom. The Balaban J connectivity index is 0.000000167. The van der Waals surface area contributed by atoms with E-state index in [1.807, 2.05) is 12.1 Å². The molecule has 2 unspecified atom stereocenters. The van der Waals surface area contributed by atoms with Crippen LogP contribution in [0.4, 0.5) is 23.3 Å². The minimum Gasteiger partial charge on any atom is -0.382 e. The highest BCUT2D eigenvalue weighted by atomic mass is 35.5. The molecule has 2 atom stereocenters. The minimum atomic E-state index is -3.04. The maximum atomic E-state index is 12.6. The Morgan fingerprint density at radius 3 is 1.57 bits per heavy atom. The second-order valence-corrected chi connectivity index (χ2v) is 19.4. The van der Waals surface area contributed by atoms with E-state index in [0.29, 0.717) is 91.3 Å². The average molecular weight is 833 g/mol. The topological polar surface area (TPSA) is 144 Å². The van der Waals surface area contributed by atoms with Crippen LogP contribution >= 0.6 is 46.4 Å². The third kappa shape index (κ3) is 7.20. The molecule has 3 aliphatic heterocycles. The van der Waals surface area contributed by atoms with Gasteiger partial charge in [0.15, 0.2) is 21.5 Å². The van der Waals surface area contributed by atoms with Gasteiger partial charge in [-0.1, -0.05) is 97.4 Å². The molecule has 15 heteroatoms. The fourth-order valence-electron chi connectivity index (χ4n) is 9.14. The molecule has 288 valence electrons. The van der Waals surface area contributed by atoms with E-state index in [-0.39, 0.29) is 11.7 Å². The van der Waals surface area contributed by atoms with Gasteiger partial charge in [0.1, 0.15) is 23.0 Å². The summed E-state index contributed by atoms with van der Waals surface area (Å²) in [5, 5.41) is 1.76.